The summed E-state index contributed by atoms with van der Waals surface area (Å²) in [6, 6.07) is 16.1. The fourth-order valence-electron chi connectivity index (χ4n) is 2.91. The number of aromatic nitrogens is 1. The van der Waals surface area contributed by atoms with Crippen molar-refractivity contribution in [3.8, 4) is 17.2 Å². The first-order valence-electron chi connectivity index (χ1n) is 9.41. The molecule has 0 atom stereocenters. The van der Waals surface area contributed by atoms with Gasteiger partial charge in [-0.2, -0.15) is 0 Å². The Bertz CT molecular complexity index is 908. The predicted molar refractivity (Wildman–Crippen MR) is 125 cm³/mol. The summed E-state index contributed by atoms with van der Waals surface area (Å²) in [7, 11) is 3.33. The Balaban J connectivity index is 0.00000320. The molecule has 0 aliphatic carbocycles. The zero-order valence-electron chi connectivity index (χ0n) is 17.1. The largest absolute Gasteiger partial charge is 0.497 e. The van der Waals surface area contributed by atoms with Gasteiger partial charge >= 0.3 is 0 Å². The monoisotopic (exact) mass is 492 g/mol. The van der Waals surface area contributed by atoms with Gasteiger partial charge in [-0.05, 0) is 70.4 Å². The Morgan fingerprint density at radius 1 is 0.967 bits per heavy atom. The van der Waals surface area contributed by atoms with E-state index in [4.69, 9.17) is 14.2 Å². The second-order valence-electron chi connectivity index (χ2n) is 6.53. The Labute approximate surface area is 192 Å². The van der Waals surface area contributed by atoms with Crippen molar-refractivity contribution in [1.29, 1.82) is 0 Å². The Kier molecular flexibility index (Phi) is 9.94. The molecule has 0 unspecified atom stereocenters. The van der Waals surface area contributed by atoms with Crippen molar-refractivity contribution in [3.63, 3.8) is 0 Å². The molecule has 2 aromatic carbocycles. The van der Waals surface area contributed by atoms with Gasteiger partial charge in [-0.15, -0.1) is 12.4 Å². The van der Waals surface area contributed by atoms with E-state index in [9.17, 15) is 0 Å². The van der Waals surface area contributed by atoms with Gasteiger partial charge in [-0.3, -0.25) is 4.98 Å². The molecule has 0 radical (unpaired) electrons. The number of methoxy groups -OCH3 is 2. The summed E-state index contributed by atoms with van der Waals surface area (Å²) < 4.78 is 17.6. The lowest BCUT2D eigenvalue weighted by Gasteiger charge is -2.15. The normalized spacial score (nSPS) is 10.2. The summed E-state index contributed by atoms with van der Waals surface area (Å²) >= 11 is 3.61. The molecule has 1 aromatic heterocycles. The van der Waals surface area contributed by atoms with Crippen molar-refractivity contribution in [1.82, 2.24) is 10.3 Å². The number of nitrogens with zero attached hydrogens (tertiary/aromatic N) is 1. The van der Waals surface area contributed by atoms with E-state index >= 15 is 0 Å². The van der Waals surface area contributed by atoms with Crippen LogP contribution in [0.1, 0.15) is 16.7 Å². The Morgan fingerprint density at radius 2 is 1.77 bits per heavy atom. The highest BCUT2D eigenvalue weighted by molar-refractivity contribution is 9.10. The standard InChI is InChI=1S/C23H25BrN2O3.ClH/c1-27-20-7-5-17(6-8-20)9-11-26-15-19-12-21(24)23(22(13-19)28-2)29-16-18-4-3-10-25-14-18;/h3-8,10,12-14,26H,9,11,15-16H2,1-2H3;1H. The van der Waals surface area contributed by atoms with Gasteiger partial charge in [0.1, 0.15) is 12.4 Å². The molecule has 0 bridgehead atoms. The molecule has 3 rings (SSSR count). The summed E-state index contributed by atoms with van der Waals surface area (Å²) in [5.74, 6) is 2.28. The third kappa shape index (κ3) is 6.90. The number of hydrogen-bond acceptors (Lipinski definition) is 5. The van der Waals surface area contributed by atoms with Crippen LogP contribution in [0, 0.1) is 0 Å². The maximum atomic E-state index is 5.96. The van der Waals surface area contributed by atoms with Crippen LogP contribution in [0.5, 0.6) is 17.2 Å². The first-order valence-corrected chi connectivity index (χ1v) is 10.2. The van der Waals surface area contributed by atoms with E-state index in [1.165, 1.54) is 5.56 Å². The summed E-state index contributed by atoms with van der Waals surface area (Å²) in [6.07, 6.45) is 4.49. The second kappa shape index (κ2) is 12.4. The van der Waals surface area contributed by atoms with Crippen molar-refractivity contribution in [3.05, 3.63) is 82.1 Å². The minimum Gasteiger partial charge on any atom is -0.497 e. The van der Waals surface area contributed by atoms with E-state index in [-0.39, 0.29) is 12.4 Å². The van der Waals surface area contributed by atoms with Crippen LogP contribution in [-0.2, 0) is 19.6 Å². The lowest BCUT2D eigenvalue weighted by atomic mass is 10.1. The molecule has 0 spiro atoms. The number of pyridine rings is 1. The smallest absolute Gasteiger partial charge is 0.175 e. The van der Waals surface area contributed by atoms with Gasteiger partial charge in [0.25, 0.3) is 0 Å². The molecule has 7 heteroatoms. The summed E-state index contributed by atoms with van der Waals surface area (Å²) in [5.41, 5.74) is 3.40. The highest BCUT2D eigenvalue weighted by Crippen LogP contribution is 2.37. The lowest BCUT2D eigenvalue weighted by molar-refractivity contribution is 0.282. The Morgan fingerprint density at radius 3 is 2.43 bits per heavy atom. The van der Waals surface area contributed by atoms with Crippen LogP contribution in [0.3, 0.4) is 0 Å². The zero-order chi connectivity index (χ0) is 20.5. The summed E-state index contributed by atoms with van der Waals surface area (Å²) in [6.45, 7) is 2.06. The van der Waals surface area contributed by atoms with E-state index in [2.05, 4.69) is 44.4 Å². The number of nitrogens with one attached hydrogen (secondary N) is 1. The van der Waals surface area contributed by atoms with Crippen LogP contribution in [0.25, 0.3) is 0 Å². The van der Waals surface area contributed by atoms with Crippen molar-refractivity contribution < 1.29 is 14.2 Å². The third-order valence-corrected chi connectivity index (χ3v) is 5.06. The second-order valence-corrected chi connectivity index (χ2v) is 7.39. The molecule has 0 saturated carbocycles. The van der Waals surface area contributed by atoms with Crippen molar-refractivity contribution in [2.24, 2.45) is 0 Å². The first-order chi connectivity index (χ1) is 14.2. The van der Waals surface area contributed by atoms with E-state index in [1.807, 2.05) is 30.3 Å². The van der Waals surface area contributed by atoms with Crippen LogP contribution >= 0.6 is 28.3 Å². The number of rotatable bonds is 10. The van der Waals surface area contributed by atoms with Crippen molar-refractivity contribution in [2.45, 2.75) is 19.6 Å². The molecule has 5 nitrogen and oxygen atoms in total. The average Bonchev–Trinajstić information content (AvgIpc) is 2.76. The molecule has 30 heavy (non-hydrogen) atoms. The molecule has 0 aliphatic heterocycles. The highest BCUT2D eigenvalue weighted by Gasteiger charge is 2.12. The number of ether oxygens (including phenoxy) is 3. The van der Waals surface area contributed by atoms with Gasteiger partial charge in [-0.1, -0.05) is 18.2 Å². The number of hydrogen-bond donors (Lipinski definition) is 1. The fourth-order valence-corrected chi connectivity index (χ4v) is 3.52. The van der Waals surface area contributed by atoms with Gasteiger partial charge in [0.15, 0.2) is 11.5 Å². The molecular weight excluding hydrogens is 468 g/mol. The van der Waals surface area contributed by atoms with Gasteiger partial charge in [0, 0.05) is 24.5 Å². The maximum absolute atomic E-state index is 5.96. The summed E-state index contributed by atoms with van der Waals surface area (Å²) in [5, 5.41) is 3.48. The Hall–Kier alpha value is -2.28. The quantitative estimate of drug-likeness (QED) is 0.394. The minimum atomic E-state index is 0. The SMILES string of the molecule is COc1ccc(CCNCc2cc(Br)c(OCc3cccnc3)c(OC)c2)cc1.Cl. The topological polar surface area (TPSA) is 52.6 Å². The third-order valence-electron chi connectivity index (χ3n) is 4.47. The van der Waals surface area contributed by atoms with E-state index in [1.54, 1.807) is 26.6 Å². The predicted octanol–water partition coefficient (Wildman–Crippen LogP) is 5.19. The van der Waals surface area contributed by atoms with E-state index in [0.717, 1.165) is 40.9 Å². The molecule has 3 aromatic rings. The molecule has 0 saturated heterocycles. The molecule has 160 valence electrons. The molecule has 0 amide bonds. The van der Waals surface area contributed by atoms with Gasteiger partial charge < -0.3 is 19.5 Å². The average molecular weight is 494 g/mol. The van der Waals surface area contributed by atoms with Crippen LogP contribution in [0.15, 0.2) is 65.4 Å². The van der Waals surface area contributed by atoms with E-state index in [0.29, 0.717) is 18.1 Å². The van der Waals surface area contributed by atoms with Crippen LogP contribution in [-0.4, -0.2) is 25.7 Å². The molecule has 1 heterocycles. The molecule has 1 N–H and O–H groups in total. The van der Waals surface area contributed by atoms with Crippen molar-refractivity contribution in [2.75, 3.05) is 20.8 Å². The highest BCUT2D eigenvalue weighted by atomic mass is 79.9. The zero-order valence-corrected chi connectivity index (χ0v) is 19.5. The molecule has 0 aliphatic rings. The van der Waals surface area contributed by atoms with Crippen LogP contribution < -0.4 is 19.5 Å². The summed E-state index contributed by atoms with van der Waals surface area (Å²) in [4.78, 5) is 4.11. The fraction of sp³-hybridized carbons (Fsp3) is 0.261. The first kappa shape index (κ1) is 24.0. The maximum Gasteiger partial charge on any atom is 0.175 e. The van der Waals surface area contributed by atoms with Crippen LogP contribution in [0.4, 0.5) is 0 Å². The van der Waals surface area contributed by atoms with Gasteiger partial charge in [-0.25, -0.2) is 0 Å². The van der Waals surface area contributed by atoms with Gasteiger partial charge in [0.05, 0.1) is 18.7 Å². The van der Waals surface area contributed by atoms with Crippen LogP contribution in [0.2, 0.25) is 0 Å². The lowest BCUT2D eigenvalue weighted by Crippen LogP contribution is -2.16. The molecule has 0 fully saturated rings. The number of halogens is 2. The van der Waals surface area contributed by atoms with Gasteiger partial charge in [0.2, 0.25) is 0 Å². The van der Waals surface area contributed by atoms with Crippen molar-refractivity contribution >= 4 is 28.3 Å². The minimum absolute atomic E-state index is 0. The number of benzene rings is 2. The van der Waals surface area contributed by atoms with E-state index < -0.39 is 0 Å². The molecular formula is C23H26BrClN2O3.